The maximum absolute atomic E-state index is 12.2. The standard InChI is InChI=1S/C18H16N2O5S2/c1-20(27(2,23)24)14-6-3-12(4-7-14)16(21)10-25-18(22)13-5-8-15-17(9-13)26-11-19-15/h3-9,11H,10H2,1-2H3. The van der Waals surface area contributed by atoms with Crippen molar-refractivity contribution >= 4 is 49.0 Å². The monoisotopic (exact) mass is 404 g/mol. The highest BCUT2D eigenvalue weighted by Gasteiger charge is 2.15. The average Bonchev–Trinajstić information content (AvgIpc) is 3.12. The van der Waals surface area contributed by atoms with E-state index in [1.165, 1.54) is 42.6 Å². The van der Waals surface area contributed by atoms with Gasteiger partial charge in [0.1, 0.15) is 0 Å². The Morgan fingerprint density at radius 2 is 1.78 bits per heavy atom. The largest absolute Gasteiger partial charge is 0.454 e. The van der Waals surface area contributed by atoms with Crippen LogP contribution >= 0.6 is 11.3 Å². The number of anilines is 1. The van der Waals surface area contributed by atoms with Gasteiger partial charge in [-0.1, -0.05) is 0 Å². The predicted octanol–water partition coefficient (Wildman–Crippen LogP) is 2.73. The van der Waals surface area contributed by atoms with Crippen molar-refractivity contribution in [2.45, 2.75) is 0 Å². The first-order valence-electron chi connectivity index (χ1n) is 7.83. The van der Waals surface area contributed by atoms with Gasteiger partial charge in [0.15, 0.2) is 12.4 Å². The summed E-state index contributed by atoms with van der Waals surface area (Å²) in [6, 6.07) is 11.0. The van der Waals surface area contributed by atoms with E-state index < -0.39 is 22.6 Å². The van der Waals surface area contributed by atoms with Crippen LogP contribution in [0.25, 0.3) is 10.2 Å². The first-order valence-corrected chi connectivity index (χ1v) is 10.6. The minimum Gasteiger partial charge on any atom is -0.454 e. The molecule has 140 valence electrons. The van der Waals surface area contributed by atoms with E-state index in [1.807, 2.05) is 0 Å². The number of benzene rings is 2. The van der Waals surface area contributed by atoms with Crippen LogP contribution in [-0.4, -0.2) is 45.1 Å². The maximum Gasteiger partial charge on any atom is 0.338 e. The summed E-state index contributed by atoms with van der Waals surface area (Å²) in [5.41, 5.74) is 3.60. The zero-order valence-corrected chi connectivity index (χ0v) is 16.2. The molecular formula is C18H16N2O5S2. The SMILES string of the molecule is CN(c1ccc(C(=O)COC(=O)c2ccc3ncsc3c2)cc1)S(C)(=O)=O. The minimum atomic E-state index is -3.38. The van der Waals surface area contributed by atoms with Gasteiger partial charge in [-0.25, -0.2) is 18.2 Å². The molecule has 0 unspecified atom stereocenters. The molecule has 0 aliphatic carbocycles. The number of Topliss-reactive ketones (excluding diaryl/α,β-unsaturated/α-hetero) is 1. The van der Waals surface area contributed by atoms with Crippen LogP contribution in [0.4, 0.5) is 5.69 Å². The lowest BCUT2D eigenvalue weighted by molar-refractivity contribution is 0.0475. The molecule has 2 aromatic carbocycles. The van der Waals surface area contributed by atoms with Crippen LogP contribution in [0.2, 0.25) is 0 Å². The highest BCUT2D eigenvalue weighted by Crippen LogP contribution is 2.20. The number of fused-ring (bicyclic) bond motifs is 1. The topological polar surface area (TPSA) is 93.6 Å². The number of hydrogen-bond acceptors (Lipinski definition) is 7. The molecule has 0 atom stereocenters. The van der Waals surface area contributed by atoms with Crippen LogP contribution in [0.3, 0.4) is 0 Å². The van der Waals surface area contributed by atoms with Gasteiger partial charge in [-0.3, -0.25) is 9.10 Å². The minimum absolute atomic E-state index is 0.325. The van der Waals surface area contributed by atoms with Gasteiger partial charge in [-0.15, -0.1) is 11.3 Å². The second-order valence-corrected chi connectivity index (χ2v) is 8.71. The number of thiazole rings is 1. The molecule has 1 aromatic heterocycles. The molecule has 3 rings (SSSR count). The van der Waals surface area contributed by atoms with E-state index in [9.17, 15) is 18.0 Å². The second kappa shape index (κ2) is 7.45. The summed E-state index contributed by atoms with van der Waals surface area (Å²) in [4.78, 5) is 28.5. The van der Waals surface area contributed by atoms with Gasteiger partial charge in [0, 0.05) is 12.6 Å². The van der Waals surface area contributed by atoms with Crippen LogP contribution in [0.5, 0.6) is 0 Å². The summed E-state index contributed by atoms with van der Waals surface area (Å²) in [5.74, 6) is -0.970. The van der Waals surface area contributed by atoms with E-state index >= 15 is 0 Å². The van der Waals surface area contributed by atoms with Gasteiger partial charge in [-0.2, -0.15) is 0 Å². The number of sulfonamides is 1. The van der Waals surface area contributed by atoms with Crippen LogP contribution in [0.15, 0.2) is 48.0 Å². The molecule has 0 N–H and O–H groups in total. The zero-order valence-electron chi connectivity index (χ0n) is 14.6. The van der Waals surface area contributed by atoms with E-state index in [4.69, 9.17) is 4.74 Å². The van der Waals surface area contributed by atoms with Crippen LogP contribution in [0, 0.1) is 0 Å². The summed E-state index contributed by atoms with van der Waals surface area (Å²) < 4.78 is 30.1. The van der Waals surface area contributed by atoms with E-state index in [2.05, 4.69) is 4.98 Å². The Kier molecular flexibility index (Phi) is 5.24. The molecular weight excluding hydrogens is 388 g/mol. The number of aromatic nitrogens is 1. The number of rotatable bonds is 6. The van der Waals surface area contributed by atoms with Crippen molar-refractivity contribution < 1.29 is 22.7 Å². The maximum atomic E-state index is 12.2. The van der Waals surface area contributed by atoms with E-state index in [1.54, 1.807) is 23.7 Å². The number of ketones is 1. The second-order valence-electron chi connectivity index (χ2n) is 5.81. The van der Waals surface area contributed by atoms with Crippen molar-refractivity contribution in [3.8, 4) is 0 Å². The lowest BCUT2D eigenvalue weighted by atomic mass is 10.1. The highest BCUT2D eigenvalue weighted by atomic mass is 32.2. The fourth-order valence-electron chi connectivity index (χ4n) is 2.33. The van der Waals surface area contributed by atoms with Gasteiger partial charge in [-0.05, 0) is 42.5 Å². The molecule has 0 aliphatic rings. The Morgan fingerprint density at radius 3 is 2.44 bits per heavy atom. The number of nitrogens with zero attached hydrogens (tertiary/aromatic N) is 2. The number of esters is 1. The summed E-state index contributed by atoms with van der Waals surface area (Å²) in [6.45, 7) is -0.402. The lowest BCUT2D eigenvalue weighted by Gasteiger charge is -2.16. The first-order chi connectivity index (χ1) is 12.8. The van der Waals surface area contributed by atoms with Gasteiger partial charge in [0.05, 0.1) is 33.2 Å². The third-order valence-corrected chi connectivity index (χ3v) is 5.95. The third-order valence-electron chi connectivity index (χ3n) is 3.95. The molecule has 0 bridgehead atoms. The van der Waals surface area contributed by atoms with Crippen molar-refractivity contribution in [1.82, 2.24) is 4.98 Å². The van der Waals surface area contributed by atoms with Crippen LogP contribution < -0.4 is 4.31 Å². The predicted molar refractivity (Wildman–Crippen MR) is 104 cm³/mol. The molecule has 0 saturated carbocycles. The molecule has 0 saturated heterocycles. The molecule has 0 radical (unpaired) electrons. The molecule has 0 amide bonds. The zero-order chi connectivity index (χ0) is 19.6. The summed E-state index contributed by atoms with van der Waals surface area (Å²) in [6.07, 6.45) is 1.09. The van der Waals surface area contributed by atoms with Crippen LogP contribution in [0.1, 0.15) is 20.7 Å². The fraction of sp³-hybridized carbons (Fsp3) is 0.167. The van der Waals surface area contributed by atoms with Crippen LogP contribution in [-0.2, 0) is 14.8 Å². The van der Waals surface area contributed by atoms with Crippen molar-refractivity contribution in [1.29, 1.82) is 0 Å². The normalized spacial score (nSPS) is 11.3. The van der Waals surface area contributed by atoms with Crippen molar-refractivity contribution in [3.05, 3.63) is 59.1 Å². The van der Waals surface area contributed by atoms with Crippen molar-refractivity contribution in [2.75, 3.05) is 24.2 Å². The van der Waals surface area contributed by atoms with Crippen molar-refractivity contribution in [3.63, 3.8) is 0 Å². The van der Waals surface area contributed by atoms with E-state index in [0.29, 0.717) is 16.8 Å². The molecule has 1 heterocycles. The summed E-state index contributed by atoms with van der Waals surface area (Å²) in [7, 11) is -1.95. The third kappa shape index (κ3) is 4.32. The van der Waals surface area contributed by atoms with Crippen molar-refractivity contribution in [2.24, 2.45) is 0 Å². The number of hydrogen-bond donors (Lipinski definition) is 0. The van der Waals surface area contributed by atoms with Gasteiger partial charge >= 0.3 is 5.97 Å². The van der Waals surface area contributed by atoms with Gasteiger partial charge in [0.2, 0.25) is 10.0 Å². The molecule has 0 aliphatic heterocycles. The Bertz CT molecular complexity index is 1100. The summed E-state index contributed by atoms with van der Waals surface area (Å²) in [5, 5.41) is 0. The van der Waals surface area contributed by atoms with Gasteiger partial charge in [0.25, 0.3) is 0 Å². The molecule has 7 nitrogen and oxygen atoms in total. The first kappa shape index (κ1) is 19.0. The van der Waals surface area contributed by atoms with Gasteiger partial charge < -0.3 is 4.74 Å². The Morgan fingerprint density at radius 1 is 1.11 bits per heavy atom. The smallest absolute Gasteiger partial charge is 0.338 e. The molecule has 0 fully saturated rings. The average molecular weight is 404 g/mol. The molecule has 0 spiro atoms. The van der Waals surface area contributed by atoms with E-state index in [0.717, 1.165) is 20.8 Å². The number of carbonyl (C=O) groups is 2. The summed E-state index contributed by atoms with van der Waals surface area (Å²) >= 11 is 1.41. The fourth-order valence-corrected chi connectivity index (χ4v) is 3.55. The Balaban J connectivity index is 1.64. The molecule has 27 heavy (non-hydrogen) atoms. The molecule has 9 heteroatoms. The lowest BCUT2D eigenvalue weighted by Crippen LogP contribution is -2.24. The van der Waals surface area contributed by atoms with E-state index in [-0.39, 0.29) is 5.78 Å². The quantitative estimate of drug-likeness (QED) is 0.463. The number of ether oxygens (including phenoxy) is 1. The number of carbonyl (C=O) groups excluding carboxylic acids is 2. The Labute approximate surface area is 160 Å². The Hall–Kier alpha value is -2.78. The molecule has 3 aromatic rings. The highest BCUT2D eigenvalue weighted by molar-refractivity contribution is 7.92.